The smallest absolute Gasteiger partial charge is 0.162 e. The summed E-state index contributed by atoms with van der Waals surface area (Å²) < 4.78 is 0. The van der Waals surface area contributed by atoms with Gasteiger partial charge in [-0.05, 0) is 105 Å². The molecule has 0 atom stereocenters. The molecule has 2 aliphatic heterocycles. The monoisotopic (exact) mass is 516 g/mol. The third-order valence-electron chi connectivity index (χ3n) is 8.26. The number of ketones is 1. The molecule has 0 bridgehead atoms. The summed E-state index contributed by atoms with van der Waals surface area (Å²) in [6, 6.07) is 26.4. The number of benzene rings is 3. The average Bonchev–Trinajstić information content (AvgIpc) is 2.95. The van der Waals surface area contributed by atoms with Gasteiger partial charge in [0.25, 0.3) is 0 Å². The molecule has 0 saturated carbocycles. The van der Waals surface area contributed by atoms with Crippen molar-refractivity contribution in [1.82, 2.24) is 4.90 Å². The molecule has 0 radical (unpaired) electrons. The summed E-state index contributed by atoms with van der Waals surface area (Å²) in [7, 11) is 0. The van der Waals surface area contributed by atoms with E-state index in [-0.39, 0.29) is 5.78 Å². The van der Waals surface area contributed by atoms with Crippen molar-refractivity contribution in [2.24, 2.45) is 0 Å². The van der Waals surface area contributed by atoms with Crippen molar-refractivity contribution in [3.8, 4) is 0 Å². The second-order valence-corrected chi connectivity index (χ2v) is 11.1. The van der Waals surface area contributed by atoms with Crippen molar-refractivity contribution >= 4 is 23.1 Å². The van der Waals surface area contributed by atoms with Crippen LogP contribution in [0, 0.1) is 0 Å². The second-order valence-electron chi connectivity index (χ2n) is 10.6. The zero-order valence-corrected chi connectivity index (χ0v) is 22.2. The molecule has 2 aliphatic rings. The van der Waals surface area contributed by atoms with E-state index in [1.165, 1.54) is 18.4 Å². The van der Waals surface area contributed by atoms with Crippen LogP contribution in [0.4, 0.5) is 5.69 Å². The zero-order valence-electron chi connectivity index (χ0n) is 21.5. The van der Waals surface area contributed by atoms with Crippen LogP contribution < -0.4 is 4.90 Å². The van der Waals surface area contributed by atoms with E-state index in [9.17, 15) is 9.90 Å². The Labute approximate surface area is 225 Å². The fourth-order valence-corrected chi connectivity index (χ4v) is 5.99. The number of rotatable bonds is 8. The summed E-state index contributed by atoms with van der Waals surface area (Å²) in [5.74, 6) is 0.894. The number of Topliss-reactive ketones (excluding diaryl/α,β-unsaturated/α-hetero) is 1. The molecule has 5 rings (SSSR count). The van der Waals surface area contributed by atoms with Crippen molar-refractivity contribution in [1.29, 1.82) is 0 Å². The standard InChI is InChI=1S/C32H37ClN2O2/c33-29-12-10-28(11-13-29)32(37)18-23-35(24-19-32)30-14-8-27(9-15-30)31(36)7-4-20-34-21-16-26(17-22-34)25-5-2-1-3-6-25/h1-3,5-6,8-15,26,37H,4,7,16-24H2. The molecule has 5 heteroatoms. The van der Waals surface area contributed by atoms with E-state index in [1.54, 1.807) is 0 Å². The van der Waals surface area contributed by atoms with E-state index in [0.717, 1.165) is 56.0 Å². The minimum Gasteiger partial charge on any atom is -0.385 e. The number of hydrogen-bond donors (Lipinski definition) is 1. The Morgan fingerprint density at radius 2 is 1.51 bits per heavy atom. The molecule has 0 amide bonds. The number of piperidine rings is 2. The van der Waals surface area contributed by atoms with Gasteiger partial charge in [0.1, 0.15) is 0 Å². The predicted octanol–water partition coefficient (Wildman–Crippen LogP) is 6.67. The summed E-state index contributed by atoms with van der Waals surface area (Å²) in [6.07, 6.45) is 5.23. The van der Waals surface area contributed by atoms with Gasteiger partial charge in [0.2, 0.25) is 0 Å². The first-order valence-electron chi connectivity index (χ1n) is 13.6. The quantitative estimate of drug-likeness (QED) is 0.339. The number of halogens is 1. The summed E-state index contributed by atoms with van der Waals surface area (Å²) >= 11 is 6.01. The van der Waals surface area contributed by atoms with E-state index >= 15 is 0 Å². The molecule has 0 aliphatic carbocycles. The summed E-state index contributed by atoms with van der Waals surface area (Å²) in [5.41, 5.74) is 3.48. The van der Waals surface area contributed by atoms with Crippen molar-refractivity contribution in [2.45, 2.75) is 50.0 Å². The van der Waals surface area contributed by atoms with Crippen LogP contribution in [0.25, 0.3) is 0 Å². The molecule has 194 valence electrons. The lowest BCUT2D eigenvalue weighted by molar-refractivity contribution is 0.0118. The molecule has 3 aromatic carbocycles. The topological polar surface area (TPSA) is 43.8 Å². The van der Waals surface area contributed by atoms with E-state index in [2.05, 4.69) is 40.1 Å². The lowest BCUT2D eigenvalue weighted by Crippen LogP contribution is -2.42. The Bertz CT molecular complexity index is 1150. The lowest BCUT2D eigenvalue weighted by Gasteiger charge is -2.39. The first kappa shape index (κ1) is 26.0. The van der Waals surface area contributed by atoms with Gasteiger partial charge in [-0.15, -0.1) is 0 Å². The van der Waals surface area contributed by atoms with Gasteiger partial charge >= 0.3 is 0 Å². The first-order valence-corrected chi connectivity index (χ1v) is 14.0. The van der Waals surface area contributed by atoms with Crippen LogP contribution in [-0.4, -0.2) is 48.5 Å². The van der Waals surface area contributed by atoms with Gasteiger partial charge in [-0.2, -0.15) is 0 Å². The molecule has 2 fully saturated rings. The van der Waals surface area contributed by atoms with Crippen LogP contribution in [0.2, 0.25) is 5.02 Å². The Balaban J connectivity index is 1.05. The van der Waals surface area contributed by atoms with Gasteiger partial charge < -0.3 is 14.9 Å². The van der Waals surface area contributed by atoms with Gasteiger partial charge in [0.05, 0.1) is 5.60 Å². The van der Waals surface area contributed by atoms with Gasteiger partial charge in [0.15, 0.2) is 5.78 Å². The van der Waals surface area contributed by atoms with Gasteiger partial charge in [-0.3, -0.25) is 4.79 Å². The number of carbonyl (C=O) groups excluding carboxylic acids is 1. The van der Waals surface area contributed by atoms with Crippen LogP contribution in [0.1, 0.15) is 65.9 Å². The molecule has 0 spiro atoms. The molecule has 0 aromatic heterocycles. The Morgan fingerprint density at radius 3 is 2.16 bits per heavy atom. The lowest BCUT2D eigenvalue weighted by atomic mass is 9.84. The van der Waals surface area contributed by atoms with Crippen LogP contribution in [-0.2, 0) is 5.60 Å². The highest BCUT2D eigenvalue weighted by molar-refractivity contribution is 6.30. The van der Waals surface area contributed by atoms with Gasteiger partial charge in [0, 0.05) is 35.8 Å². The highest BCUT2D eigenvalue weighted by Gasteiger charge is 2.34. The van der Waals surface area contributed by atoms with E-state index in [4.69, 9.17) is 11.6 Å². The highest BCUT2D eigenvalue weighted by atomic mass is 35.5. The van der Waals surface area contributed by atoms with Crippen molar-refractivity contribution in [2.75, 3.05) is 37.6 Å². The van der Waals surface area contributed by atoms with Gasteiger partial charge in [-0.1, -0.05) is 54.1 Å². The maximum Gasteiger partial charge on any atom is 0.162 e. The molecular formula is C32H37ClN2O2. The van der Waals surface area contributed by atoms with Crippen molar-refractivity contribution in [3.05, 3.63) is 101 Å². The normalized spacial score (nSPS) is 18.6. The SMILES string of the molecule is O=C(CCCN1CCC(c2ccccc2)CC1)c1ccc(N2CCC(O)(c3ccc(Cl)cc3)CC2)cc1. The Kier molecular flexibility index (Phi) is 8.29. The van der Waals surface area contributed by atoms with E-state index < -0.39 is 5.60 Å². The molecular weight excluding hydrogens is 480 g/mol. The summed E-state index contributed by atoms with van der Waals surface area (Å²) in [5, 5.41) is 11.8. The minimum absolute atomic E-state index is 0.224. The number of carbonyl (C=O) groups is 1. The second kappa shape index (κ2) is 11.8. The number of likely N-dealkylation sites (tertiary alicyclic amines) is 1. The third kappa shape index (κ3) is 6.43. The highest BCUT2D eigenvalue weighted by Crippen LogP contribution is 2.35. The largest absolute Gasteiger partial charge is 0.385 e. The van der Waals surface area contributed by atoms with Crippen LogP contribution in [0.15, 0.2) is 78.9 Å². The van der Waals surface area contributed by atoms with Crippen LogP contribution >= 0.6 is 11.6 Å². The first-order chi connectivity index (χ1) is 18.0. The summed E-state index contributed by atoms with van der Waals surface area (Å²) in [6.45, 7) is 4.77. The van der Waals surface area contributed by atoms with Crippen molar-refractivity contribution < 1.29 is 9.90 Å². The number of nitrogens with zero attached hydrogens (tertiary/aromatic N) is 2. The molecule has 0 unspecified atom stereocenters. The third-order valence-corrected chi connectivity index (χ3v) is 8.52. The van der Waals surface area contributed by atoms with Crippen molar-refractivity contribution in [3.63, 3.8) is 0 Å². The predicted molar refractivity (Wildman–Crippen MR) is 152 cm³/mol. The van der Waals surface area contributed by atoms with Gasteiger partial charge in [-0.25, -0.2) is 0 Å². The maximum atomic E-state index is 12.8. The molecule has 1 N–H and O–H groups in total. The van der Waals surface area contributed by atoms with Crippen LogP contribution in [0.3, 0.4) is 0 Å². The molecule has 4 nitrogen and oxygen atoms in total. The fourth-order valence-electron chi connectivity index (χ4n) is 5.86. The number of hydrogen-bond acceptors (Lipinski definition) is 4. The fraction of sp³-hybridized carbons (Fsp3) is 0.406. The molecule has 2 saturated heterocycles. The van der Waals surface area contributed by atoms with E-state index in [0.29, 0.717) is 30.2 Å². The van der Waals surface area contributed by atoms with Crippen LogP contribution in [0.5, 0.6) is 0 Å². The number of aliphatic hydroxyl groups is 1. The average molecular weight is 517 g/mol. The zero-order chi connectivity index (χ0) is 25.7. The molecule has 3 aromatic rings. The number of anilines is 1. The maximum absolute atomic E-state index is 12.8. The Hall–Kier alpha value is -2.66. The molecule has 37 heavy (non-hydrogen) atoms. The summed E-state index contributed by atoms with van der Waals surface area (Å²) in [4.78, 5) is 17.6. The van der Waals surface area contributed by atoms with E-state index in [1.807, 2.05) is 48.5 Å². The Morgan fingerprint density at radius 1 is 0.865 bits per heavy atom. The molecule has 2 heterocycles. The minimum atomic E-state index is -0.812.